The van der Waals surface area contributed by atoms with Crippen molar-refractivity contribution in [3.05, 3.63) is 30.9 Å². The van der Waals surface area contributed by atoms with Gasteiger partial charge in [-0.05, 0) is 26.0 Å². The fourth-order valence-corrected chi connectivity index (χ4v) is 1.70. The summed E-state index contributed by atoms with van der Waals surface area (Å²) in [6, 6.07) is 8.99. The summed E-state index contributed by atoms with van der Waals surface area (Å²) in [7, 11) is 2.08. The SMILES string of the molecule is CC(C)N1[CH]N(C)c2ccccc21. The first kappa shape index (κ1) is 8.42. The Hall–Kier alpha value is -1.18. The third-order valence-corrected chi connectivity index (χ3v) is 2.39. The topological polar surface area (TPSA) is 6.48 Å². The van der Waals surface area contributed by atoms with Crippen LogP contribution in [0.3, 0.4) is 0 Å². The molecule has 0 unspecified atom stereocenters. The van der Waals surface area contributed by atoms with Gasteiger partial charge in [0.2, 0.25) is 0 Å². The molecule has 13 heavy (non-hydrogen) atoms. The average Bonchev–Trinajstić information content (AvgIpc) is 2.45. The van der Waals surface area contributed by atoms with Crippen LogP contribution >= 0.6 is 0 Å². The van der Waals surface area contributed by atoms with Crippen LogP contribution in [0.5, 0.6) is 0 Å². The lowest BCUT2D eigenvalue weighted by Crippen LogP contribution is -2.28. The summed E-state index contributed by atoms with van der Waals surface area (Å²) >= 11 is 0. The van der Waals surface area contributed by atoms with Crippen LogP contribution in [0, 0.1) is 6.67 Å². The van der Waals surface area contributed by atoms with Gasteiger partial charge in [0, 0.05) is 13.1 Å². The third kappa shape index (κ3) is 1.26. The number of para-hydroxylation sites is 2. The van der Waals surface area contributed by atoms with Crippen LogP contribution in [0.25, 0.3) is 0 Å². The Morgan fingerprint density at radius 1 is 1.08 bits per heavy atom. The molecule has 1 aliphatic heterocycles. The van der Waals surface area contributed by atoms with Crippen molar-refractivity contribution in [2.45, 2.75) is 19.9 Å². The van der Waals surface area contributed by atoms with Crippen LogP contribution in [-0.2, 0) is 0 Å². The van der Waals surface area contributed by atoms with Gasteiger partial charge in [0.25, 0.3) is 0 Å². The van der Waals surface area contributed by atoms with Crippen molar-refractivity contribution in [3.8, 4) is 0 Å². The molecule has 0 aliphatic carbocycles. The molecule has 0 atom stereocenters. The molecule has 0 amide bonds. The summed E-state index contributed by atoms with van der Waals surface area (Å²) in [6.45, 7) is 6.55. The van der Waals surface area contributed by atoms with Crippen LogP contribution < -0.4 is 9.80 Å². The number of anilines is 2. The van der Waals surface area contributed by atoms with E-state index in [1.165, 1.54) is 11.4 Å². The van der Waals surface area contributed by atoms with Crippen molar-refractivity contribution >= 4 is 11.4 Å². The van der Waals surface area contributed by atoms with Crippen molar-refractivity contribution in [3.63, 3.8) is 0 Å². The molecule has 1 radical (unpaired) electrons. The second-order valence-corrected chi connectivity index (χ2v) is 3.72. The van der Waals surface area contributed by atoms with E-state index in [1.807, 2.05) is 0 Å². The van der Waals surface area contributed by atoms with Crippen LogP contribution in [0.4, 0.5) is 11.4 Å². The second-order valence-electron chi connectivity index (χ2n) is 3.72. The van der Waals surface area contributed by atoms with Crippen molar-refractivity contribution in [1.29, 1.82) is 0 Å². The van der Waals surface area contributed by atoms with Gasteiger partial charge >= 0.3 is 0 Å². The lowest BCUT2D eigenvalue weighted by atomic mass is 10.2. The molecular formula is C11H15N2. The molecule has 0 spiro atoms. The largest absolute Gasteiger partial charge is 0.349 e. The standard InChI is InChI=1S/C11H15N2/c1-9(2)13-8-12(3)10-6-4-5-7-11(10)13/h4-9H,1-3H3. The molecule has 0 N–H and O–H groups in total. The van der Waals surface area contributed by atoms with Gasteiger partial charge in [-0.25, -0.2) is 0 Å². The van der Waals surface area contributed by atoms with Gasteiger partial charge in [0.05, 0.1) is 11.4 Å². The number of benzene rings is 1. The molecule has 0 aromatic heterocycles. The van der Waals surface area contributed by atoms with Crippen LogP contribution in [-0.4, -0.2) is 13.1 Å². The summed E-state index contributed by atoms with van der Waals surface area (Å²) in [5, 5.41) is 0. The fraction of sp³-hybridized carbons (Fsp3) is 0.364. The maximum atomic E-state index is 2.29. The summed E-state index contributed by atoms with van der Waals surface area (Å²) in [5.74, 6) is 0. The fourth-order valence-electron chi connectivity index (χ4n) is 1.70. The van der Waals surface area contributed by atoms with E-state index in [0.717, 1.165) is 0 Å². The minimum Gasteiger partial charge on any atom is -0.349 e. The smallest absolute Gasteiger partial charge is 0.142 e. The van der Waals surface area contributed by atoms with Gasteiger partial charge in [0.1, 0.15) is 6.67 Å². The zero-order valence-electron chi connectivity index (χ0n) is 8.36. The lowest BCUT2D eigenvalue weighted by Gasteiger charge is -2.22. The zero-order valence-corrected chi connectivity index (χ0v) is 8.36. The summed E-state index contributed by atoms with van der Waals surface area (Å²) in [6.07, 6.45) is 0. The predicted molar refractivity (Wildman–Crippen MR) is 56.8 cm³/mol. The van der Waals surface area contributed by atoms with Crippen LogP contribution in [0.15, 0.2) is 24.3 Å². The first-order valence-corrected chi connectivity index (χ1v) is 4.65. The van der Waals surface area contributed by atoms with Crippen molar-refractivity contribution < 1.29 is 0 Å². The van der Waals surface area contributed by atoms with E-state index in [1.54, 1.807) is 0 Å². The van der Waals surface area contributed by atoms with E-state index < -0.39 is 0 Å². The average molecular weight is 175 g/mol. The molecule has 69 valence electrons. The quantitative estimate of drug-likeness (QED) is 0.647. The summed E-state index contributed by atoms with van der Waals surface area (Å²) in [5.41, 5.74) is 2.59. The normalized spacial score (nSPS) is 15.4. The first-order valence-electron chi connectivity index (χ1n) is 4.65. The van der Waals surface area contributed by atoms with Gasteiger partial charge < -0.3 is 9.80 Å². The first-order chi connectivity index (χ1) is 6.20. The Kier molecular flexibility index (Phi) is 1.91. The highest BCUT2D eigenvalue weighted by Gasteiger charge is 2.24. The Morgan fingerprint density at radius 3 is 2.31 bits per heavy atom. The Balaban J connectivity index is 2.41. The minimum atomic E-state index is 0.520. The Bertz CT molecular complexity index is 307. The lowest BCUT2D eigenvalue weighted by molar-refractivity contribution is 0.753. The van der Waals surface area contributed by atoms with Gasteiger partial charge in [-0.15, -0.1) is 0 Å². The monoisotopic (exact) mass is 175 g/mol. The maximum absolute atomic E-state index is 2.29. The van der Waals surface area contributed by atoms with Gasteiger partial charge in [-0.3, -0.25) is 0 Å². The van der Waals surface area contributed by atoms with E-state index in [4.69, 9.17) is 0 Å². The zero-order chi connectivity index (χ0) is 9.42. The molecule has 2 heteroatoms. The van der Waals surface area contributed by atoms with E-state index in [9.17, 15) is 0 Å². The molecule has 1 aliphatic rings. The number of nitrogens with zero attached hydrogens (tertiary/aromatic N) is 2. The minimum absolute atomic E-state index is 0.520. The highest BCUT2D eigenvalue weighted by atomic mass is 15.4. The molecular weight excluding hydrogens is 160 g/mol. The van der Waals surface area contributed by atoms with E-state index in [-0.39, 0.29) is 0 Å². The molecule has 2 rings (SSSR count). The number of fused-ring (bicyclic) bond motifs is 1. The molecule has 0 saturated heterocycles. The highest BCUT2D eigenvalue weighted by molar-refractivity contribution is 5.78. The van der Waals surface area contributed by atoms with Gasteiger partial charge in [-0.1, -0.05) is 12.1 Å². The summed E-state index contributed by atoms with van der Waals surface area (Å²) in [4.78, 5) is 4.45. The van der Waals surface area contributed by atoms with Crippen molar-refractivity contribution in [1.82, 2.24) is 0 Å². The maximum Gasteiger partial charge on any atom is 0.142 e. The molecule has 0 bridgehead atoms. The van der Waals surface area contributed by atoms with Gasteiger partial charge in [-0.2, -0.15) is 0 Å². The van der Waals surface area contributed by atoms with Crippen molar-refractivity contribution in [2.24, 2.45) is 0 Å². The van der Waals surface area contributed by atoms with Crippen LogP contribution in [0.2, 0.25) is 0 Å². The van der Waals surface area contributed by atoms with Gasteiger partial charge in [0.15, 0.2) is 0 Å². The van der Waals surface area contributed by atoms with E-state index in [2.05, 4.69) is 61.6 Å². The molecule has 1 aromatic carbocycles. The molecule has 1 aromatic rings. The van der Waals surface area contributed by atoms with Crippen LogP contribution in [0.1, 0.15) is 13.8 Å². The van der Waals surface area contributed by atoms with E-state index >= 15 is 0 Å². The summed E-state index contributed by atoms with van der Waals surface area (Å²) < 4.78 is 0. The molecule has 1 heterocycles. The Labute approximate surface area is 79.8 Å². The number of hydrogen-bond acceptors (Lipinski definition) is 2. The molecule has 2 nitrogen and oxygen atoms in total. The predicted octanol–water partition coefficient (Wildman–Crippen LogP) is 2.47. The third-order valence-electron chi connectivity index (χ3n) is 2.39. The number of rotatable bonds is 1. The molecule has 0 saturated carbocycles. The number of hydrogen-bond donors (Lipinski definition) is 0. The second kappa shape index (κ2) is 2.95. The van der Waals surface area contributed by atoms with E-state index in [0.29, 0.717) is 6.04 Å². The highest BCUT2D eigenvalue weighted by Crippen LogP contribution is 2.37. The molecule has 0 fully saturated rings. The van der Waals surface area contributed by atoms with Crippen molar-refractivity contribution in [2.75, 3.05) is 16.8 Å². The Morgan fingerprint density at radius 2 is 1.69 bits per heavy atom.